The molecule has 4 rings (SSSR count). The van der Waals surface area contributed by atoms with Crippen molar-refractivity contribution >= 4 is 0 Å². The summed E-state index contributed by atoms with van der Waals surface area (Å²) < 4.78 is 0. The van der Waals surface area contributed by atoms with E-state index in [0.717, 1.165) is 18.4 Å². The Morgan fingerprint density at radius 3 is 2.26 bits per heavy atom. The van der Waals surface area contributed by atoms with Crippen LogP contribution in [0.3, 0.4) is 0 Å². The molecule has 2 heterocycles. The highest BCUT2D eigenvalue weighted by Gasteiger charge is 2.31. The molecule has 1 saturated carbocycles. The second-order valence-electron chi connectivity index (χ2n) is 7.81. The molecule has 3 aliphatic rings. The summed E-state index contributed by atoms with van der Waals surface area (Å²) in [6, 6.07) is 9.54. The molecule has 0 unspecified atom stereocenters. The van der Waals surface area contributed by atoms with Crippen LogP contribution < -0.4 is 5.32 Å². The molecule has 0 amide bonds. The van der Waals surface area contributed by atoms with E-state index >= 15 is 0 Å². The molecular weight excluding hydrogens is 282 g/mol. The van der Waals surface area contributed by atoms with E-state index in [2.05, 4.69) is 39.4 Å². The Bertz CT molecular complexity index is 480. The van der Waals surface area contributed by atoms with Crippen molar-refractivity contribution in [2.75, 3.05) is 45.8 Å². The van der Waals surface area contributed by atoms with Gasteiger partial charge in [-0.15, -0.1) is 0 Å². The summed E-state index contributed by atoms with van der Waals surface area (Å²) >= 11 is 0. The normalized spacial score (nSPS) is 29.6. The molecule has 0 bridgehead atoms. The van der Waals surface area contributed by atoms with Gasteiger partial charge in [-0.3, -0.25) is 4.90 Å². The summed E-state index contributed by atoms with van der Waals surface area (Å²) in [6.45, 7) is 9.89. The lowest BCUT2D eigenvalue weighted by atomic mass is 9.71. The van der Waals surface area contributed by atoms with Gasteiger partial charge in [0, 0.05) is 39.3 Å². The third kappa shape index (κ3) is 3.96. The third-order valence-corrected chi connectivity index (χ3v) is 6.02. The molecular formula is C20H31N3. The number of nitrogens with zero attached hydrogens (tertiary/aromatic N) is 2. The molecule has 2 aliphatic heterocycles. The van der Waals surface area contributed by atoms with E-state index in [0.29, 0.717) is 0 Å². The molecule has 0 spiro atoms. The fraction of sp³-hybridized carbons (Fsp3) is 0.700. The molecule has 1 N–H and O–H groups in total. The van der Waals surface area contributed by atoms with Crippen molar-refractivity contribution < 1.29 is 0 Å². The molecule has 0 atom stereocenters. The molecule has 126 valence electrons. The third-order valence-electron chi connectivity index (χ3n) is 6.02. The van der Waals surface area contributed by atoms with Crippen LogP contribution in [0.15, 0.2) is 24.3 Å². The molecule has 1 aromatic carbocycles. The maximum Gasteiger partial charge on any atom is 0.0233 e. The predicted octanol–water partition coefficient (Wildman–Crippen LogP) is 2.68. The van der Waals surface area contributed by atoms with Crippen LogP contribution >= 0.6 is 0 Å². The summed E-state index contributed by atoms with van der Waals surface area (Å²) in [5.41, 5.74) is 3.07. The highest BCUT2D eigenvalue weighted by molar-refractivity contribution is 5.27. The Hall–Kier alpha value is -0.900. The van der Waals surface area contributed by atoms with Gasteiger partial charge < -0.3 is 10.2 Å². The number of hydrogen-bond acceptors (Lipinski definition) is 3. The smallest absolute Gasteiger partial charge is 0.0233 e. The van der Waals surface area contributed by atoms with E-state index < -0.39 is 0 Å². The average Bonchev–Trinajstić information content (AvgIpc) is 3.06. The monoisotopic (exact) mass is 313 g/mol. The number of hydrogen-bond donors (Lipinski definition) is 1. The Labute approximate surface area is 141 Å². The lowest BCUT2D eigenvalue weighted by molar-refractivity contribution is 0.146. The predicted molar refractivity (Wildman–Crippen MR) is 95.7 cm³/mol. The minimum absolute atomic E-state index is 0.823. The number of benzene rings is 1. The SMILES string of the molecule is c1cc(C2CC(CN3CCNCC3)C2)ccc1CN1CCCC1. The van der Waals surface area contributed by atoms with Crippen LogP contribution in [0, 0.1) is 5.92 Å². The van der Waals surface area contributed by atoms with Gasteiger partial charge in [-0.1, -0.05) is 24.3 Å². The quantitative estimate of drug-likeness (QED) is 0.902. The van der Waals surface area contributed by atoms with Gasteiger partial charge in [-0.25, -0.2) is 0 Å². The van der Waals surface area contributed by atoms with E-state index in [9.17, 15) is 0 Å². The van der Waals surface area contributed by atoms with Gasteiger partial charge in [0.2, 0.25) is 0 Å². The van der Waals surface area contributed by atoms with Crippen molar-refractivity contribution in [1.29, 1.82) is 0 Å². The van der Waals surface area contributed by atoms with Crippen molar-refractivity contribution in [2.45, 2.75) is 38.1 Å². The van der Waals surface area contributed by atoms with Gasteiger partial charge in [0.15, 0.2) is 0 Å². The molecule has 1 aromatic rings. The van der Waals surface area contributed by atoms with Gasteiger partial charge in [-0.2, -0.15) is 0 Å². The number of likely N-dealkylation sites (tertiary alicyclic amines) is 1. The van der Waals surface area contributed by atoms with Crippen LogP contribution in [0.4, 0.5) is 0 Å². The highest BCUT2D eigenvalue weighted by Crippen LogP contribution is 2.42. The molecule has 2 saturated heterocycles. The van der Waals surface area contributed by atoms with Crippen LogP contribution in [-0.2, 0) is 6.54 Å². The topological polar surface area (TPSA) is 18.5 Å². The van der Waals surface area contributed by atoms with Crippen molar-refractivity contribution in [3.63, 3.8) is 0 Å². The molecule has 0 aromatic heterocycles. The highest BCUT2D eigenvalue weighted by atomic mass is 15.2. The van der Waals surface area contributed by atoms with E-state index in [1.54, 1.807) is 5.56 Å². The van der Waals surface area contributed by atoms with E-state index in [1.807, 2.05) is 0 Å². The lowest BCUT2D eigenvalue weighted by Gasteiger charge is -2.40. The van der Waals surface area contributed by atoms with Crippen LogP contribution in [0.5, 0.6) is 0 Å². The number of rotatable bonds is 5. The van der Waals surface area contributed by atoms with Crippen molar-refractivity contribution in [2.24, 2.45) is 5.92 Å². The molecule has 0 radical (unpaired) electrons. The minimum Gasteiger partial charge on any atom is -0.314 e. The summed E-state index contributed by atoms with van der Waals surface area (Å²) in [5.74, 6) is 1.76. The van der Waals surface area contributed by atoms with Gasteiger partial charge in [0.05, 0.1) is 0 Å². The standard InChI is InChI=1S/C20H31N3/c1-2-10-22(9-1)15-17-3-5-19(6-4-17)20-13-18(14-20)16-23-11-7-21-8-12-23/h3-6,18,20-21H,1-2,7-16H2. The average molecular weight is 313 g/mol. The Balaban J connectivity index is 1.23. The van der Waals surface area contributed by atoms with Gasteiger partial charge >= 0.3 is 0 Å². The Kier molecular flexibility index (Phi) is 4.98. The zero-order valence-corrected chi connectivity index (χ0v) is 14.3. The second-order valence-corrected chi connectivity index (χ2v) is 7.81. The first-order chi connectivity index (χ1) is 11.4. The summed E-state index contributed by atoms with van der Waals surface area (Å²) in [5, 5.41) is 3.44. The zero-order valence-electron chi connectivity index (χ0n) is 14.3. The Morgan fingerprint density at radius 2 is 1.57 bits per heavy atom. The zero-order chi connectivity index (χ0) is 15.5. The first-order valence-corrected chi connectivity index (χ1v) is 9.61. The molecule has 23 heavy (non-hydrogen) atoms. The van der Waals surface area contributed by atoms with Crippen molar-refractivity contribution in [1.82, 2.24) is 15.1 Å². The molecule has 1 aliphatic carbocycles. The maximum atomic E-state index is 3.44. The lowest BCUT2D eigenvalue weighted by Crippen LogP contribution is -2.46. The fourth-order valence-corrected chi connectivity index (χ4v) is 4.51. The largest absolute Gasteiger partial charge is 0.314 e. The minimum atomic E-state index is 0.823. The first-order valence-electron chi connectivity index (χ1n) is 9.61. The summed E-state index contributed by atoms with van der Waals surface area (Å²) in [7, 11) is 0. The van der Waals surface area contributed by atoms with Gasteiger partial charge in [0.1, 0.15) is 0 Å². The van der Waals surface area contributed by atoms with E-state index in [4.69, 9.17) is 0 Å². The van der Waals surface area contributed by atoms with Crippen LogP contribution in [-0.4, -0.2) is 55.6 Å². The number of piperazine rings is 1. The van der Waals surface area contributed by atoms with Crippen molar-refractivity contribution in [3.8, 4) is 0 Å². The maximum absolute atomic E-state index is 3.44. The van der Waals surface area contributed by atoms with E-state index in [1.165, 1.54) is 77.1 Å². The summed E-state index contributed by atoms with van der Waals surface area (Å²) in [6.07, 6.45) is 5.56. The van der Waals surface area contributed by atoms with Gasteiger partial charge in [0.25, 0.3) is 0 Å². The second kappa shape index (κ2) is 7.33. The molecule has 3 heteroatoms. The first kappa shape index (κ1) is 15.6. The fourth-order valence-electron chi connectivity index (χ4n) is 4.51. The van der Waals surface area contributed by atoms with Crippen molar-refractivity contribution in [3.05, 3.63) is 35.4 Å². The van der Waals surface area contributed by atoms with Crippen LogP contribution in [0.25, 0.3) is 0 Å². The summed E-state index contributed by atoms with van der Waals surface area (Å²) in [4.78, 5) is 5.23. The number of nitrogens with one attached hydrogen (secondary N) is 1. The molecule has 3 fully saturated rings. The molecule has 3 nitrogen and oxygen atoms in total. The van der Waals surface area contributed by atoms with E-state index in [-0.39, 0.29) is 0 Å². The van der Waals surface area contributed by atoms with Crippen LogP contribution in [0.2, 0.25) is 0 Å². The Morgan fingerprint density at radius 1 is 0.870 bits per heavy atom. The van der Waals surface area contributed by atoms with Crippen LogP contribution in [0.1, 0.15) is 42.7 Å². The van der Waals surface area contributed by atoms with Gasteiger partial charge in [-0.05, 0) is 61.7 Å².